The number of nitrogens with one attached hydrogen (secondary N) is 1. The van der Waals surface area contributed by atoms with Gasteiger partial charge in [0.1, 0.15) is 5.76 Å². The predicted molar refractivity (Wildman–Crippen MR) is 80.7 cm³/mol. The molecule has 9 heteroatoms. The van der Waals surface area contributed by atoms with Crippen LogP contribution >= 0.6 is 0 Å². The summed E-state index contributed by atoms with van der Waals surface area (Å²) in [5.41, 5.74) is 1.09. The van der Waals surface area contributed by atoms with Crippen molar-refractivity contribution in [3.05, 3.63) is 40.8 Å². The predicted octanol–water partition coefficient (Wildman–Crippen LogP) is 2.29. The van der Waals surface area contributed by atoms with Gasteiger partial charge in [-0.25, -0.2) is 0 Å². The number of carbonyl (C=O) groups excluding carboxylic acids is 1. The van der Waals surface area contributed by atoms with Crippen molar-refractivity contribution in [2.45, 2.75) is 26.2 Å². The quantitative estimate of drug-likeness (QED) is 0.857. The molecule has 0 radical (unpaired) electrons. The van der Waals surface area contributed by atoms with Crippen molar-refractivity contribution in [2.75, 3.05) is 13.7 Å². The number of hydrogen-bond donors (Lipinski definition) is 1. The molecule has 0 unspecified atom stereocenters. The van der Waals surface area contributed by atoms with E-state index in [0.29, 0.717) is 29.9 Å². The fourth-order valence-electron chi connectivity index (χ4n) is 2.55. The minimum absolute atomic E-state index is 0.0411. The molecule has 3 rings (SSSR count). The maximum Gasteiger partial charge on any atom is 0.387 e. The van der Waals surface area contributed by atoms with Crippen LogP contribution in [-0.4, -0.2) is 31.4 Å². The lowest BCUT2D eigenvalue weighted by molar-refractivity contribution is -0.0518. The molecule has 134 valence electrons. The number of ether oxygens (including phenoxy) is 3. The van der Waals surface area contributed by atoms with E-state index in [9.17, 15) is 13.6 Å². The number of carbonyl (C=O) groups is 1. The van der Waals surface area contributed by atoms with E-state index in [2.05, 4.69) is 15.2 Å². The first kappa shape index (κ1) is 17.2. The minimum Gasteiger partial charge on any atom is -0.493 e. The Balaban J connectivity index is 1.75. The molecule has 2 aromatic rings. The van der Waals surface area contributed by atoms with Crippen LogP contribution in [-0.2, 0) is 24.3 Å². The maximum atomic E-state index is 12.6. The van der Waals surface area contributed by atoms with Crippen molar-refractivity contribution < 1.29 is 32.3 Å². The molecule has 0 spiro atoms. The first-order valence-corrected chi connectivity index (χ1v) is 7.54. The number of fused-ring (bicyclic) bond motifs is 1. The van der Waals surface area contributed by atoms with Gasteiger partial charge in [0.05, 0.1) is 25.9 Å². The van der Waals surface area contributed by atoms with E-state index in [1.54, 1.807) is 12.1 Å². The topological polar surface area (TPSA) is 82.8 Å². The zero-order valence-corrected chi connectivity index (χ0v) is 13.4. The molecule has 25 heavy (non-hydrogen) atoms. The summed E-state index contributed by atoms with van der Waals surface area (Å²) in [5, 5.41) is 6.39. The van der Waals surface area contributed by atoms with Crippen molar-refractivity contribution in [1.29, 1.82) is 0 Å². The first-order valence-electron chi connectivity index (χ1n) is 7.54. The summed E-state index contributed by atoms with van der Waals surface area (Å²) < 4.78 is 45.2. The largest absolute Gasteiger partial charge is 0.493 e. The molecule has 1 amide bonds. The molecule has 1 aromatic carbocycles. The summed E-state index contributed by atoms with van der Waals surface area (Å²) in [5.74, 6) is 0.172. The average molecular weight is 354 g/mol. The number of halogens is 2. The molecule has 0 bridgehead atoms. The highest BCUT2D eigenvalue weighted by Gasteiger charge is 2.25. The second-order valence-corrected chi connectivity index (χ2v) is 5.25. The average Bonchev–Trinajstić information content (AvgIpc) is 3.04. The van der Waals surface area contributed by atoms with Gasteiger partial charge in [0.2, 0.25) is 0 Å². The number of amides is 1. The van der Waals surface area contributed by atoms with Gasteiger partial charge in [-0.15, -0.1) is 0 Å². The van der Waals surface area contributed by atoms with E-state index in [0.717, 1.165) is 0 Å². The first-order chi connectivity index (χ1) is 12.1. The number of alkyl halides is 2. The summed E-state index contributed by atoms with van der Waals surface area (Å²) >= 11 is 0. The molecule has 1 N–H and O–H groups in total. The highest BCUT2D eigenvalue weighted by molar-refractivity contribution is 5.93. The van der Waals surface area contributed by atoms with Crippen LogP contribution in [0.1, 0.15) is 27.4 Å². The Morgan fingerprint density at radius 1 is 1.44 bits per heavy atom. The molecule has 0 atom stereocenters. The number of aromatic nitrogens is 1. The van der Waals surface area contributed by atoms with Crippen molar-refractivity contribution in [2.24, 2.45) is 0 Å². The van der Waals surface area contributed by atoms with Gasteiger partial charge in [-0.3, -0.25) is 4.79 Å². The summed E-state index contributed by atoms with van der Waals surface area (Å²) in [7, 11) is 1.34. The molecule has 1 aliphatic heterocycles. The van der Waals surface area contributed by atoms with Crippen LogP contribution in [0.15, 0.2) is 22.7 Å². The van der Waals surface area contributed by atoms with Crippen LogP contribution in [0.4, 0.5) is 8.78 Å². The number of para-hydroxylation sites is 1. The van der Waals surface area contributed by atoms with Crippen LogP contribution in [0.2, 0.25) is 0 Å². The van der Waals surface area contributed by atoms with Crippen LogP contribution in [0.25, 0.3) is 0 Å². The molecule has 0 saturated heterocycles. The molecule has 0 fully saturated rings. The second-order valence-electron chi connectivity index (χ2n) is 5.25. The van der Waals surface area contributed by atoms with Gasteiger partial charge in [0.15, 0.2) is 17.2 Å². The molecule has 0 aliphatic carbocycles. The number of nitrogens with zero attached hydrogens (tertiary/aromatic N) is 1. The summed E-state index contributed by atoms with van der Waals surface area (Å²) in [6.45, 7) is -2.28. The summed E-state index contributed by atoms with van der Waals surface area (Å²) in [6, 6.07) is 4.67. The third-order valence-electron chi connectivity index (χ3n) is 3.73. The van der Waals surface area contributed by atoms with Gasteiger partial charge < -0.3 is 24.1 Å². The molecule has 2 heterocycles. The standard InChI is InChI=1S/C16H16F2N2O5/c1-22-12-4-2-3-9(14(12)24-16(17)18)7-19-15(21)13-10-8-23-6-5-11(10)25-20-13/h2-4,16H,5-8H2,1H3,(H,19,21). The molecular weight excluding hydrogens is 338 g/mol. The fraction of sp³-hybridized carbons (Fsp3) is 0.375. The molecule has 0 saturated carbocycles. The normalized spacial score (nSPS) is 13.4. The van der Waals surface area contributed by atoms with E-state index >= 15 is 0 Å². The molecule has 1 aromatic heterocycles. The van der Waals surface area contributed by atoms with Gasteiger partial charge >= 0.3 is 6.61 Å². The Hall–Kier alpha value is -2.68. The fourth-order valence-corrected chi connectivity index (χ4v) is 2.55. The smallest absolute Gasteiger partial charge is 0.387 e. The van der Waals surface area contributed by atoms with E-state index < -0.39 is 12.5 Å². The van der Waals surface area contributed by atoms with Gasteiger partial charge in [-0.2, -0.15) is 8.78 Å². The van der Waals surface area contributed by atoms with Crippen molar-refractivity contribution in [1.82, 2.24) is 10.5 Å². The van der Waals surface area contributed by atoms with Gasteiger partial charge in [0.25, 0.3) is 5.91 Å². The number of hydrogen-bond acceptors (Lipinski definition) is 6. The van der Waals surface area contributed by atoms with E-state index in [1.165, 1.54) is 13.2 Å². The molecule has 1 aliphatic rings. The lowest BCUT2D eigenvalue weighted by Gasteiger charge is -2.15. The lowest BCUT2D eigenvalue weighted by Crippen LogP contribution is -2.25. The Labute approximate surface area is 141 Å². The van der Waals surface area contributed by atoms with E-state index in [1.807, 2.05) is 0 Å². The van der Waals surface area contributed by atoms with Gasteiger partial charge in [0, 0.05) is 18.5 Å². The van der Waals surface area contributed by atoms with Crippen LogP contribution in [0.5, 0.6) is 11.5 Å². The van der Waals surface area contributed by atoms with Crippen molar-refractivity contribution >= 4 is 5.91 Å². The van der Waals surface area contributed by atoms with Crippen LogP contribution < -0.4 is 14.8 Å². The van der Waals surface area contributed by atoms with Crippen molar-refractivity contribution in [3.8, 4) is 11.5 Å². The van der Waals surface area contributed by atoms with Gasteiger partial charge in [-0.05, 0) is 6.07 Å². The van der Waals surface area contributed by atoms with Crippen molar-refractivity contribution in [3.63, 3.8) is 0 Å². The highest BCUT2D eigenvalue weighted by atomic mass is 19.3. The Morgan fingerprint density at radius 3 is 3.04 bits per heavy atom. The zero-order chi connectivity index (χ0) is 17.8. The third kappa shape index (κ3) is 3.71. The Morgan fingerprint density at radius 2 is 2.28 bits per heavy atom. The second kappa shape index (κ2) is 7.47. The minimum atomic E-state index is -3.01. The third-order valence-corrected chi connectivity index (χ3v) is 3.73. The number of methoxy groups -OCH3 is 1. The number of rotatable bonds is 6. The molecular formula is C16H16F2N2O5. The van der Waals surface area contributed by atoms with E-state index in [4.69, 9.17) is 14.0 Å². The van der Waals surface area contributed by atoms with Crippen LogP contribution in [0, 0.1) is 0 Å². The lowest BCUT2D eigenvalue weighted by atomic mass is 10.1. The Kier molecular flexibility index (Phi) is 5.13. The number of benzene rings is 1. The van der Waals surface area contributed by atoms with Crippen LogP contribution in [0.3, 0.4) is 0 Å². The van der Waals surface area contributed by atoms with Gasteiger partial charge in [-0.1, -0.05) is 17.3 Å². The van der Waals surface area contributed by atoms with E-state index in [-0.39, 0.29) is 30.3 Å². The maximum absolute atomic E-state index is 12.6. The SMILES string of the molecule is COc1cccc(CNC(=O)c2noc3c2COCC3)c1OC(F)F. The zero-order valence-electron chi connectivity index (χ0n) is 13.4. The summed E-state index contributed by atoms with van der Waals surface area (Å²) in [4.78, 5) is 12.3. The Bertz CT molecular complexity index is 763. The summed E-state index contributed by atoms with van der Waals surface area (Å²) in [6.07, 6.45) is 0.553. The molecule has 7 nitrogen and oxygen atoms in total. The monoisotopic (exact) mass is 354 g/mol. The highest BCUT2D eigenvalue weighted by Crippen LogP contribution is 2.32.